The van der Waals surface area contributed by atoms with Crippen molar-refractivity contribution < 1.29 is 0 Å². The van der Waals surface area contributed by atoms with Crippen LogP contribution in [0.4, 0.5) is 0 Å². The molecule has 10 aromatic rings. The number of fused-ring (bicyclic) bond motifs is 2. The predicted octanol–water partition coefficient (Wildman–Crippen LogP) is 12.4. The van der Waals surface area contributed by atoms with Gasteiger partial charge in [0.15, 0.2) is 11.6 Å². The Labute approximate surface area is 306 Å². The molecule has 0 fully saturated rings. The molecule has 0 radical (unpaired) electrons. The van der Waals surface area contributed by atoms with Crippen LogP contribution in [0.25, 0.3) is 106 Å². The van der Waals surface area contributed by atoms with Crippen molar-refractivity contribution in [3.05, 3.63) is 182 Å². The Hall–Kier alpha value is -7.17. The summed E-state index contributed by atoms with van der Waals surface area (Å²) in [4.78, 5) is 15.7. The van der Waals surface area contributed by atoms with Crippen molar-refractivity contribution in [2.24, 2.45) is 0 Å². The average Bonchev–Trinajstić information content (AvgIpc) is 3.52. The van der Waals surface area contributed by atoms with Crippen LogP contribution >= 0.6 is 0 Å². The first-order valence-corrected chi connectivity index (χ1v) is 18.0. The third-order valence-corrected chi connectivity index (χ3v) is 10.6. The molecule has 0 amide bonds. The standard InChI is InChI=1S/C49H30N4/c1-3-11-31(12-4-1)33-23-27-36(28-24-33)47-50-48(37-29-25-34(26-30-37)32-13-5-2-6-14-32)52-49(51-47)53-42-21-9-19-40-38-17-7-15-35-16-8-18-39(44(35)38)41-20-10-22-43(53)46(41)45(40)42/h1-30H. The second-order valence-corrected chi connectivity index (χ2v) is 13.6. The van der Waals surface area contributed by atoms with Crippen LogP contribution in [0.2, 0.25) is 0 Å². The van der Waals surface area contributed by atoms with Crippen molar-refractivity contribution >= 4 is 32.6 Å². The molecule has 0 saturated carbocycles. The van der Waals surface area contributed by atoms with Crippen LogP contribution < -0.4 is 0 Å². The summed E-state index contributed by atoms with van der Waals surface area (Å²) >= 11 is 0. The van der Waals surface area contributed by atoms with Gasteiger partial charge in [0.25, 0.3) is 0 Å². The number of aromatic nitrogens is 4. The highest BCUT2D eigenvalue weighted by Crippen LogP contribution is 2.49. The first-order valence-electron chi connectivity index (χ1n) is 18.0. The lowest BCUT2D eigenvalue weighted by Gasteiger charge is -2.14. The lowest BCUT2D eigenvalue weighted by atomic mass is 9.93. The number of hydrogen-bond acceptors (Lipinski definition) is 3. The van der Waals surface area contributed by atoms with Crippen molar-refractivity contribution in [3.63, 3.8) is 0 Å². The molecule has 1 aliphatic rings. The fourth-order valence-corrected chi connectivity index (χ4v) is 8.17. The van der Waals surface area contributed by atoms with Crippen LogP contribution in [-0.2, 0) is 0 Å². The summed E-state index contributed by atoms with van der Waals surface area (Å²) in [6.07, 6.45) is 0. The van der Waals surface area contributed by atoms with Gasteiger partial charge < -0.3 is 0 Å². The fraction of sp³-hybridized carbons (Fsp3) is 0. The van der Waals surface area contributed by atoms with E-state index in [0.29, 0.717) is 17.6 Å². The number of rotatable bonds is 5. The van der Waals surface area contributed by atoms with Crippen molar-refractivity contribution in [3.8, 4) is 73.2 Å². The van der Waals surface area contributed by atoms with Crippen molar-refractivity contribution in [1.82, 2.24) is 19.5 Å². The lowest BCUT2D eigenvalue weighted by Crippen LogP contribution is -2.06. The molecule has 2 heterocycles. The van der Waals surface area contributed by atoms with Gasteiger partial charge in [0.05, 0.1) is 11.0 Å². The summed E-state index contributed by atoms with van der Waals surface area (Å²) in [7, 11) is 0. The van der Waals surface area contributed by atoms with Gasteiger partial charge in [-0.3, -0.25) is 4.57 Å². The monoisotopic (exact) mass is 674 g/mol. The molecule has 0 spiro atoms. The molecule has 4 heteroatoms. The maximum atomic E-state index is 5.27. The predicted molar refractivity (Wildman–Crippen MR) is 218 cm³/mol. The van der Waals surface area contributed by atoms with Gasteiger partial charge in [0, 0.05) is 21.9 Å². The molecule has 0 aliphatic heterocycles. The van der Waals surface area contributed by atoms with Gasteiger partial charge in [0.2, 0.25) is 5.95 Å². The average molecular weight is 675 g/mol. The van der Waals surface area contributed by atoms with Crippen molar-refractivity contribution in [2.75, 3.05) is 0 Å². The number of nitrogens with zero attached hydrogens (tertiary/aromatic N) is 4. The minimum Gasteiger partial charge on any atom is -0.278 e. The molecule has 8 aromatic carbocycles. The van der Waals surface area contributed by atoms with Crippen LogP contribution in [0.1, 0.15) is 0 Å². The van der Waals surface area contributed by atoms with E-state index in [9.17, 15) is 0 Å². The Bertz CT molecular complexity index is 2820. The van der Waals surface area contributed by atoms with Crippen LogP contribution in [0.15, 0.2) is 182 Å². The van der Waals surface area contributed by atoms with Crippen LogP contribution in [-0.4, -0.2) is 19.5 Å². The van der Waals surface area contributed by atoms with Crippen molar-refractivity contribution in [2.45, 2.75) is 0 Å². The third-order valence-electron chi connectivity index (χ3n) is 10.6. The second-order valence-electron chi connectivity index (χ2n) is 13.6. The second kappa shape index (κ2) is 11.7. The molecule has 246 valence electrons. The SMILES string of the molecule is c1ccc(-c2ccc(-c3nc(-c4ccc(-c5ccccc5)cc4)nc(-n4c5cccc6c5c5c(cccc54)-c4cccc5cccc-6c45)n3)cc2)cc1. The molecule has 0 unspecified atom stereocenters. The summed E-state index contributed by atoms with van der Waals surface area (Å²) in [6.45, 7) is 0. The van der Waals surface area contributed by atoms with Gasteiger partial charge in [-0.1, -0.05) is 170 Å². The molecule has 0 atom stereocenters. The van der Waals surface area contributed by atoms with E-state index in [1.807, 2.05) is 12.1 Å². The van der Waals surface area contributed by atoms with Gasteiger partial charge in [-0.15, -0.1) is 0 Å². The highest BCUT2D eigenvalue weighted by molar-refractivity contribution is 6.27. The molecule has 0 saturated heterocycles. The molecule has 11 rings (SSSR count). The third kappa shape index (κ3) is 4.66. The molecule has 0 bridgehead atoms. The summed E-state index contributed by atoms with van der Waals surface area (Å²) < 4.78 is 2.23. The van der Waals surface area contributed by atoms with E-state index in [2.05, 4.69) is 174 Å². The maximum Gasteiger partial charge on any atom is 0.238 e. The van der Waals surface area contributed by atoms with E-state index < -0.39 is 0 Å². The van der Waals surface area contributed by atoms with Gasteiger partial charge in [-0.25, -0.2) is 4.98 Å². The van der Waals surface area contributed by atoms with Gasteiger partial charge in [-0.05, 0) is 67.4 Å². The normalized spacial score (nSPS) is 11.8. The van der Waals surface area contributed by atoms with Gasteiger partial charge >= 0.3 is 0 Å². The molecular weight excluding hydrogens is 645 g/mol. The zero-order chi connectivity index (χ0) is 34.9. The number of benzene rings is 8. The zero-order valence-electron chi connectivity index (χ0n) is 28.6. The minimum atomic E-state index is 0.589. The van der Waals surface area contributed by atoms with Crippen LogP contribution in [0, 0.1) is 0 Å². The molecule has 0 N–H and O–H groups in total. The van der Waals surface area contributed by atoms with Crippen LogP contribution in [0.3, 0.4) is 0 Å². The van der Waals surface area contributed by atoms with E-state index in [-0.39, 0.29) is 0 Å². The molecule has 53 heavy (non-hydrogen) atoms. The van der Waals surface area contributed by atoms with E-state index in [4.69, 9.17) is 15.0 Å². The van der Waals surface area contributed by atoms with E-state index in [1.54, 1.807) is 0 Å². The molecule has 2 aromatic heterocycles. The molecule has 4 nitrogen and oxygen atoms in total. The lowest BCUT2D eigenvalue weighted by molar-refractivity contribution is 0.953. The van der Waals surface area contributed by atoms with Gasteiger partial charge in [-0.2, -0.15) is 9.97 Å². The Balaban J connectivity index is 1.15. The summed E-state index contributed by atoms with van der Waals surface area (Å²) in [5, 5.41) is 4.96. The summed E-state index contributed by atoms with van der Waals surface area (Å²) in [5.41, 5.74) is 13.6. The largest absolute Gasteiger partial charge is 0.278 e. The fourth-order valence-electron chi connectivity index (χ4n) is 8.17. The Morgan fingerprint density at radius 2 is 0.660 bits per heavy atom. The van der Waals surface area contributed by atoms with Gasteiger partial charge in [0.1, 0.15) is 0 Å². The first-order chi connectivity index (χ1) is 26.3. The Kier molecular flexibility index (Phi) is 6.52. The zero-order valence-corrected chi connectivity index (χ0v) is 28.6. The summed E-state index contributed by atoms with van der Waals surface area (Å²) in [5.74, 6) is 1.84. The van der Waals surface area contributed by atoms with E-state index >= 15 is 0 Å². The van der Waals surface area contributed by atoms with Crippen LogP contribution in [0.5, 0.6) is 0 Å². The topological polar surface area (TPSA) is 43.6 Å². The minimum absolute atomic E-state index is 0.589. The Morgan fingerprint density at radius 3 is 1.11 bits per heavy atom. The maximum absolute atomic E-state index is 5.27. The molecule has 1 aliphatic carbocycles. The smallest absolute Gasteiger partial charge is 0.238 e. The van der Waals surface area contributed by atoms with E-state index in [1.165, 1.54) is 54.9 Å². The Morgan fingerprint density at radius 1 is 0.283 bits per heavy atom. The summed E-state index contributed by atoms with van der Waals surface area (Å²) in [6, 6.07) is 64.4. The molecular formula is C49H30N4. The highest BCUT2D eigenvalue weighted by Gasteiger charge is 2.26. The number of hydrogen-bond donors (Lipinski definition) is 0. The first kappa shape index (κ1) is 29.5. The quantitative estimate of drug-likeness (QED) is 0.182. The van der Waals surface area contributed by atoms with E-state index in [0.717, 1.165) is 33.3 Å². The highest BCUT2D eigenvalue weighted by atomic mass is 15.2. The van der Waals surface area contributed by atoms with Crippen molar-refractivity contribution in [1.29, 1.82) is 0 Å².